The third-order valence-corrected chi connectivity index (χ3v) is 6.95. The average Bonchev–Trinajstić information content (AvgIpc) is 3.39. The van der Waals surface area contributed by atoms with E-state index in [0.29, 0.717) is 0 Å². The van der Waals surface area contributed by atoms with Gasteiger partial charge in [0.1, 0.15) is 11.2 Å². The van der Waals surface area contributed by atoms with Gasteiger partial charge in [-0.25, -0.2) is 0 Å². The van der Waals surface area contributed by atoms with Gasteiger partial charge in [-0.05, 0) is 46.5 Å². The molecule has 8 aromatic rings. The number of hydrogen-bond acceptors (Lipinski definition) is 1. The van der Waals surface area contributed by atoms with E-state index in [2.05, 4.69) is 108 Å². The third-order valence-electron chi connectivity index (χ3n) is 6.95. The molecular formula is C30H17NO. The fourth-order valence-electron chi connectivity index (χ4n) is 5.72. The quantitative estimate of drug-likeness (QED) is 0.250. The lowest BCUT2D eigenvalue weighted by Gasteiger charge is -2.15. The second-order valence-electron chi connectivity index (χ2n) is 8.53. The zero-order valence-electron chi connectivity index (χ0n) is 17.2. The molecule has 0 bridgehead atoms. The molecular weight excluding hydrogens is 390 g/mol. The third kappa shape index (κ3) is 1.86. The van der Waals surface area contributed by atoms with Gasteiger partial charge in [0, 0.05) is 26.9 Å². The minimum atomic E-state index is 0.952. The molecule has 8 rings (SSSR count). The van der Waals surface area contributed by atoms with Crippen LogP contribution in [0.1, 0.15) is 0 Å². The number of nitrogens with zero attached hydrogens (tertiary/aromatic N) is 1. The highest BCUT2D eigenvalue weighted by molar-refractivity contribution is 6.34. The summed E-state index contributed by atoms with van der Waals surface area (Å²) in [6, 6.07) is 36.9. The summed E-state index contributed by atoms with van der Waals surface area (Å²) in [5.74, 6) is 0. The Bertz CT molecular complexity index is 1930. The van der Waals surface area contributed by atoms with E-state index in [0.717, 1.165) is 11.2 Å². The van der Waals surface area contributed by atoms with Gasteiger partial charge in [0.05, 0.1) is 16.7 Å². The molecule has 0 aliphatic carbocycles. The van der Waals surface area contributed by atoms with Crippen LogP contribution in [0, 0.1) is 0 Å². The summed E-state index contributed by atoms with van der Waals surface area (Å²) in [7, 11) is 0. The highest BCUT2D eigenvalue weighted by Crippen LogP contribution is 2.45. The van der Waals surface area contributed by atoms with E-state index in [-0.39, 0.29) is 0 Å². The van der Waals surface area contributed by atoms with Crippen molar-refractivity contribution in [2.45, 2.75) is 0 Å². The molecule has 6 aromatic carbocycles. The van der Waals surface area contributed by atoms with E-state index < -0.39 is 0 Å². The smallest absolute Gasteiger partial charge is 0.136 e. The highest BCUT2D eigenvalue weighted by atomic mass is 16.3. The molecule has 0 spiro atoms. The normalized spacial score (nSPS) is 12.4. The van der Waals surface area contributed by atoms with Gasteiger partial charge in [0.15, 0.2) is 0 Å². The lowest BCUT2D eigenvalue weighted by atomic mass is 9.93. The van der Waals surface area contributed by atoms with Crippen molar-refractivity contribution in [3.63, 3.8) is 0 Å². The predicted molar refractivity (Wildman–Crippen MR) is 134 cm³/mol. The molecule has 2 nitrogen and oxygen atoms in total. The van der Waals surface area contributed by atoms with E-state index in [1.807, 2.05) is 0 Å². The summed E-state index contributed by atoms with van der Waals surface area (Å²) in [6.07, 6.45) is 0. The monoisotopic (exact) mass is 407 g/mol. The van der Waals surface area contributed by atoms with Crippen molar-refractivity contribution in [2.75, 3.05) is 0 Å². The van der Waals surface area contributed by atoms with Crippen LogP contribution >= 0.6 is 0 Å². The molecule has 148 valence electrons. The molecule has 32 heavy (non-hydrogen) atoms. The molecule has 2 heterocycles. The van der Waals surface area contributed by atoms with Crippen molar-refractivity contribution in [3.05, 3.63) is 103 Å². The first-order valence-corrected chi connectivity index (χ1v) is 11.0. The molecule has 0 fully saturated rings. The lowest BCUT2D eigenvalue weighted by molar-refractivity contribution is 0.669. The van der Waals surface area contributed by atoms with Crippen LogP contribution in [0.3, 0.4) is 0 Å². The molecule has 0 radical (unpaired) electrons. The van der Waals surface area contributed by atoms with Crippen LogP contribution in [0.5, 0.6) is 0 Å². The maximum absolute atomic E-state index is 6.25. The molecule has 0 N–H and O–H groups in total. The van der Waals surface area contributed by atoms with E-state index in [4.69, 9.17) is 4.42 Å². The minimum Gasteiger partial charge on any atom is -0.456 e. The van der Waals surface area contributed by atoms with Crippen LogP contribution < -0.4 is 0 Å². The molecule has 0 amide bonds. The minimum absolute atomic E-state index is 0.952. The summed E-state index contributed by atoms with van der Waals surface area (Å²) < 4.78 is 8.67. The topological polar surface area (TPSA) is 18.1 Å². The summed E-state index contributed by atoms with van der Waals surface area (Å²) in [5.41, 5.74) is 5.57. The largest absolute Gasteiger partial charge is 0.456 e. The van der Waals surface area contributed by atoms with E-state index in [1.165, 1.54) is 59.8 Å². The number of benzene rings is 6. The van der Waals surface area contributed by atoms with Crippen molar-refractivity contribution >= 4 is 65.3 Å². The Morgan fingerprint density at radius 3 is 1.59 bits per heavy atom. The maximum atomic E-state index is 6.25. The zero-order chi connectivity index (χ0) is 20.8. The number of fused-ring (bicyclic) bond motifs is 6. The van der Waals surface area contributed by atoms with Gasteiger partial charge in [-0.15, -0.1) is 0 Å². The first kappa shape index (κ1) is 16.4. The molecule has 0 unspecified atom stereocenters. The van der Waals surface area contributed by atoms with Crippen LogP contribution in [0.2, 0.25) is 0 Å². The van der Waals surface area contributed by atoms with Crippen molar-refractivity contribution in [1.82, 2.24) is 4.57 Å². The van der Waals surface area contributed by atoms with Crippen molar-refractivity contribution in [1.29, 1.82) is 0 Å². The fourth-order valence-corrected chi connectivity index (χ4v) is 5.72. The van der Waals surface area contributed by atoms with Gasteiger partial charge in [0.25, 0.3) is 0 Å². The molecule has 0 aliphatic heterocycles. The standard InChI is InChI=1S/C30H17NO/c1-3-13-23-18(8-1)19-9-2-4-14-24(19)31(23)25-15-5-10-20-21-11-6-16-26-29(21)30-22(28(20)25)12-7-17-27(30)32-26/h1-17H. The van der Waals surface area contributed by atoms with Gasteiger partial charge in [-0.1, -0.05) is 72.8 Å². The van der Waals surface area contributed by atoms with Gasteiger partial charge in [0.2, 0.25) is 0 Å². The Kier molecular flexibility index (Phi) is 2.91. The van der Waals surface area contributed by atoms with Gasteiger partial charge in [-0.2, -0.15) is 0 Å². The second-order valence-corrected chi connectivity index (χ2v) is 8.53. The average molecular weight is 407 g/mol. The SMILES string of the molecule is c1cc(-n2c3ccccc3c3ccccc32)c2c(c1)c1cccc3oc4cccc2c4c31. The summed E-state index contributed by atoms with van der Waals surface area (Å²) in [6.45, 7) is 0. The summed E-state index contributed by atoms with van der Waals surface area (Å²) in [5, 5.41) is 10.0. The van der Waals surface area contributed by atoms with Crippen LogP contribution in [0.15, 0.2) is 108 Å². The van der Waals surface area contributed by atoms with Crippen LogP contribution in [-0.2, 0) is 0 Å². The molecule has 0 aliphatic rings. The van der Waals surface area contributed by atoms with Crippen LogP contribution in [0.4, 0.5) is 0 Å². The molecule has 2 heteroatoms. The van der Waals surface area contributed by atoms with Gasteiger partial charge >= 0.3 is 0 Å². The van der Waals surface area contributed by atoms with E-state index in [1.54, 1.807) is 0 Å². The molecule has 0 saturated heterocycles. The number of rotatable bonds is 1. The molecule has 0 atom stereocenters. The first-order valence-electron chi connectivity index (χ1n) is 11.0. The summed E-state index contributed by atoms with van der Waals surface area (Å²) >= 11 is 0. The second kappa shape index (κ2) is 5.68. The predicted octanol–water partition coefficient (Wildman–Crippen LogP) is 8.43. The number of para-hydroxylation sites is 2. The van der Waals surface area contributed by atoms with Crippen molar-refractivity contribution < 1.29 is 4.42 Å². The summed E-state index contributed by atoms with van der Waals surface area (Å²) in [4.78, 5) is 0. The maximum Gasteiger partial charge on any atom is 0.136 e. The van der Waals surface area contributed by atoms with Crippen LogP contribution in [0.25, 0.3) is 71.0 Å². The van der Waals surface area contributed by atoms with Crippen molar-refractivity contribution in [2.24, 2.45) is 0 Å². The molecule has 0 saturated carbocycles. The van der Waals surface area contributed by atoms with Crippen molar-refractivity contribution in [3.8, 4) is 5.69 Å². The zero-order valence-corrected chi connectivity index (χ0v) is 17.2. The highest BCUT2D eigenvalue weighted by Gasteiger charge is 2.20. The van der Waals surface area contributed by atoms with E-state index in [9.17, 15) is 0 Å². The Morgan fingerprint density at radius 1 is 0.406 bits per heavy atom. The Hall–Kier alpha value is -4.30. The molecule has 2 aromatic heterocycles. The Morgan fingerprint density at radius 2 is 0.906 bits per heavy atom. The fraction of sp³-hybridized carbons (Fsp3) is 0. The first-order chi connectivity index (χ1) is 15.9. The number of furan rings is 1. The van der Waals surface area contributed by atoms with Gasteiger partial charge < -0.3 is 8.98 Å². The van der Waals surface area contributed by atoms with Crippen LogP contribution in [-0.4, -0.2) is 4.57 Å². The Labute approximate surface area is 183 Å². The Balaban J connectivity index is 1.69. The lowest BCUT2D eigenvalue weighted by Crippen LogP contribution is -1.96. The van der Waals surface area contributed by atoms with Gasteiger partial charge in [-0.3, -0.25) is 0 Å². The van der Waals surface area contributed by atoms with E-state index >= 15 is 0 Å². The number of hydrogen-bond donors (Lipinski definition) is 0. The number of aromatic nitrogens is 1.